The molecule has 1 aliphatic rings. The zero-order valence-corrected chi connectivity index (χ0v) is 18.1. The lowest BCUT2D eigenvalue weighted by atomic mass is 9.94. The summed E-state index contributed by atoms with van der Waals surface area (Å²) in [4.78, 5) is 12.6. The first-order chi connectivity index (χ1) is 15.3. The minimum Gasteiger partial charge on any atom is -0.488 e. The van der Waals surface area contributed by atoms with Crippen LogP contribution < -0.4 is 4.74 Å². The number of ketones is 1. The third-order valence-electron chi connectivity index (χ3n) is 5.36. The number of Topliss-reactive ketones (excluding diaryl/α,β-unsaturated/α-hetero) is 1. The number of benzene rings is 2. The predicted octanol–water partition coefficient (Wildman–Crippen LogP) is 0.717. The molecule has 174 valence electrons. The summed E-state index contributed by atoms with van der Waals surface area (Å²) in [6.45, 7) is 0.445. The van der Waals surface area contributed by atoms with Gasteiger partial charge in [-0.3, -0.25) is 4.79 Å². The first-order valence-electron chi connectivity index (χ1n) is 10.3. The first-order valence-corrected chi connectivity index (χ1v) is 10.7. The largest absolute Gasteiger partial charge is 0.488 e. The van der Waals surface area contributed by atoms with Crippen LogP contribution >= 0.6 is 11.6 Å². The highest BCUT2D eigenvalue weighted by molar-refractivity contribution is 6.31. The van der Waals surface area contributed by atoms with Crippen molar-refractivity contribution in [3.63, 3.8) is 0 Å². The third kappa shape index (κ3) is 6.05. The fourth-order valence-electron chi connectivity index (χ4n) is 3.42. The molecule has 3 rings (SSSR count). The van der Waals surface area contributed by atoms with Crippen molar-refractivity contribution in [2.24, 2.45) is 0 Å². The average Bonchev–Trinajstić information content (AvgIpc) is 3.32. The summed E-state index contributed by atoms with van der Waals surface area (Å²) in [5.74, 6) is -0.109. The topological polar surface area (TPSA) is 137 Å². The van der Waals surface area contributed by atoms with E-state index < -0.39 is 36.8 Å². The molecule has 0 saturated carbocycles. The van der Waals surface area contributed by atoms with E-state index in [2.05, 4.69) is 0 Å². The van der Waals surface area contributed by atoms with Crippen molar-refractivity contribution in [2.75, 3.05) is 19.8 Å². The van der Waals surface area contributed by atoms with Crippen molar-refractivity contribution in [1.82, 2.24) is 0 Å². The lowest BCUT2D eigenvalue weighted by Gasteiger charge is -2.25. The quantitative estimate of drug-likeness (QED) is 0.323. The van der Waals surface area contributed by atoms with E-state index in [1.807, 2.05) is 24.3 Å². The molecule has 1 fully saturated rings. The second kappa shape index (κ2) is 11.2. The predicted molar refractivity (Wildman–Crippen MR) is 116 cm³/mol. The molecule has 0 amide bonds. The summed E-state index contributed by atoms with van der Waals surface area (Å²) >= 11 is 6.29. The van der Waals surface area contributed by atoms with Crippen LogP contribution in [0.15, 0.2) is 42.5 Å². The van der Waals surface area contributed by atoms with Gasteiger partial charge in [-0.15, -0.1) is 0 Å². The molecule has 8 nitrogen and oxygen atoms in total. The number of hydrogen-bond acceptors (Lipinski definition) is 8. The van der Waals surface area contributed by atoms with Gasteiger partial charge in [-0.2, -0.15) is 0 Å². The Balaban J connectivity index is 1.69. The maximum Gasteiger partial charge on any atom is 0.194 e. The van der Waals surface area contributed by atoms with Crippen LogP contribution in [-0.4, -0.2) is 81.7 Å². The molecule has 2 aromatic carbocycles. The van der Waals surface area contributed by atoms with E-state index >= 15 is 0 Å². The Morgan fingerprint density at radius 2 is 1.81 bits per heavy atom. The number of aliphatic hydroxyl groups is 5. The molecule has 1 saturated heterocycles. The van der Waals surface area contributed by atoms with E-state index in [0.29, 0.717) is 30.2 Å². The molecular weight excluding hydrogens is 440 g/mol. The number of ether oxygens (including phenoxy) is 2. The van der Waals surface area contributed by atoms with Gasteiger partial charge in [0.25, 0.3) is 0 Å². The summed E-state index contributed by atoms with van der Waals surface area (Å²) in [7, 11) is 0. The van der Waals surface area contributed by atoms with Gasteiger partial charge in [-0.05, 0) is 47.9 Å². The van der Waals surface area contributed by atoms with Gasteiger partial charge in [-0.1, -0.05) is 23.7 Å². The highest BCUT2D eigenvalue weighted by Gasteiger charge is 2.34. The highest BCUT2D eigenvalue weighted by atomic mass is 35.5. The monoisotopic (exact) mass is 466 g/mol. The van der Waals surface area contributed by atoms with Gasteiger partial charge in [0.1, 0.15) is 36.3 Å². The van der Waals surface area contributed by atoms with E-state index in [9.17, 15) is 25.2 Å². The molecule has 1 heterocycles. The maximum atomic E-state index is 12.6. The molecule has 9 heteroatoms. The lowest BCUT2D eigenvalue weighted by Crippen LogP contribution is -2.48. The normalized spacial score (nSPS) is 19.9. The van der Waals surface area contributed by atoms with Crippen LogP contribution in [0.25, 0.3) is 0 Å². The highest BCUT2D eigenvalue weighted by Crippen LogP contribution is 2.24. The van der Waals surface area contributed by atoms with Gasteiger partial charge in [0.2, 0.25) is 0 Å². The lowest BCUT2D eigenvalue weighted by molar-refractivity contribution is -0.105. The van der Waals surface area contributed by atoms with Crippen LogP contribution in [0, 0.1) is 0 Å². The maximum absolute atomic E-state index is 12.6. The van der Waals surface area contributed by atoms with Crippen LogP contribution in [0.5, 0.6) is 5.75 Å². The Kier molecular flexibility index (Phi) is 8.61. The smallest absolute Gasteiger partial charge is 0.194 e. The summed E-state index contributed by atoms with van der Waals surface area (Å²) < 4.78 is 11.1. The van der Waals surface area contributed by atoms with Crippen molar-refractivity contribution in [1.29, 1.82) is 0 Å². The van der Waals surface area contributed by atoms with Crippen molar-refractivity contribution in [2.45, 2.75) is 43.4 Å². The average molecular weight is 467 g/mol. The third-order valence-corrected chi connectivity index (χ3v) is 5.73. The fraction of sp³-hybridized carbons (Fsp3) is 0.435. The fourth-order valence-corrected chi connectivity index (χ4v) is 3.60. The standard InChI is InChI=1S/C23H27ClO8/c24-18-6-3-14(20(27)22(29)23(30)21(28)19(26)11-25)10-15(18)9-13-1-4-16(5-2-13)32-17-7-8-31-12-17/h1-6,10,17,19,21-23,25-26,28-30H,7-9,11-12H2/t17-,19-,21+,22-,23+/m0/s1. The Bertz CT molecular complexity index is 897. The van der Waals surface area contributed by atoms with Crippen molar-refractivity contribution in [3.05, 3.63) is 64.2 Å². The van der Waals surface area contributed by atoms with Gasteiger partial charge < -0.3 is 35.0 Å². The number of rotatable bonds is 10. The molecular formula is C23H27ClO8. The summed E-state index contributed by atoms with van der Waals surface area (Å²) in [5.41, 5.74) is 1.64. The molecule has 0 aromatic heterocycles. The molecule has 5 atom stereocenters. The van der Waals surface area contributed by atoms with Gasteiger partial charge in [0.15, 0.2) is 5.78 Å². The molecule has 1 aliphatic heterocycles. The van der Waals surface area contributed by atoms with Crippen molar-refractivity contribution >= 4 is 17.4 Å². The Morgan fingerprint density at radius 1 is 1.09 bits per heavy atom. The van der Waals surface area contributed by atoms with Crippen molar-refractivity contribution < 1.29 is 39.8 Å². The van der Waals surface area contributed by atoms with Gasteiger partial charge in [0, 0.05) is 17.0 Å². The second-order valence-electron chi connectivity index (χ2n) is 7.77. The Labute approximate surface area is 190 Å². The molecule has 5 N–H and O–H groups in total. The molecule has 0 bridgehead atoms. The number of aliphatic hydroxyl groups excluding tert-OH is 5. The van der Waals surface area contributed by atoms with E-state index in [0.717, 1.165) is 17.7 Å². The van der Waals surface area contributed by atoms with Crippen molar-refractivity contribution in [3.8, 4) is 5.75 Å². The molecule has 0 radical (unpaired) electrons. The zero-order valence-electron chi connectivity index (χ0n) is 17.3. The van der Waals surface area contributed by atoms with E-state index in [-0.39, 0.29) is 11.7 Å². The summed E-state index contributed by atoms with van der Waals surface area (Å²) in [5, 5.41) is 48.6. The molecule has 0 spiro atoms. The first kappa shape index (κ1) is 24.6. The minimum absolute atomic E-state index is 0.0526. The van der Waals surface area contributed by atoms with E-state index in [4.69, 9.17) is 26.2 Å². The number of carbonyl (C=O) groups excluding carboxylic acids is 1. The summed E-state index contributed by atoms with van der Waals surface area (Å²) in [6.07, 6.45) is -6.22. The van der Waals surface area contributed by atoms with Crippen LogP contribution in [0.2, 0.25) is 5.02 Å². The van der Waals surface area contributed by atoms with Gasteiger partial charge in [0.05, 0.1) is 19.8 Å². The SMILES string of the molecule is O=C(c1ccc(Cl)c(Cc2ccc(O[C@H]3CCOC3)cc2)c1)[C@H](O)[C@H](O)[C@H](O)[C@@H](O)CO. The molecule has 0 unspecified atom stereocenters. The van der Waals surface area contributed by atoms with E-state index in [1.165, 1.54) is 18.2 Å². The Morgan fingerprint density at radius 3 is 2.44 bits per heavy atom. The van der Waals surface area contributed by atoms with Gasteiger partial charge in [-0.25, -0.2) is 0 Å². The van der Waals surface area contributed by atoms with Crippen LogP contribution in [0.3, 0.4) is 0 Å². The second-order valence-corrected chi connectivity index (χ2v) is 8.18. The van der Waals surface area contributed by atoms with Crippen LogP contribution in [0.4, 0.5) is 0 Å². The van der Waals surface area contributed by atoms with Gasteiger partial charge >= 0.3 is 0 Å². The van der Waals surface area contributed by atoms with Crippen LogP contribution in [0.1, 0.15) is 27.9 Å². The zero-order chi connectivity index (χ0) is 23.3. The number of carbonyl (C=O) groups is 1. The Hall–Kier alpha value is -2.04. The summed E-state index contributed by atoms with van der Waals surface area (Å²) in [6, 6.07) is 11.9. The minimum atomic E-state index is -1.99. The number of hydrogen-bond donors (Lipinski definition) is 5. The van der Waals surface area contributed by atoms with Crippen LogP contribution in [-0.2, 0) is 11.2 Å². The van der Waals surface area contributed by atoms with E-state index in [1.54, 1.807) is 0 Å². The molecule has 0 aliphatic carbocycles. The number of halogens is 1. The molecule has 2 aromatic rings. The molecule has 32 heavy (non-hydrogen) atoms.